The third kappa shape index (κ3) is 2.80. The average molecular weight is 240 g/mol. The first kappa shape index (κ1) is 11.5. The molecule has 1 fully saturated rings. The molecule has 1 aromatic heterocycles. The lowest BCUT2D eigenvalue weighted by Gasteiger charge is -2.26. The quantitative estimate of drug-likeness (QED) is 0.834. The Hall–Kier alpha value is -0.940. The molecular weight excluding hydrogens is 224 g/mol. The van der Waals surface area contributed by atoms with Gasteiger partial charge in [-0.2, -0.15) is 0 Å². The SMILES string of the molecule is Cc1cccnc1CS(=O)(=O)CC1CNC1. The number of aryl methyl sites for hydroxylation is 1. The van der Waals surface area contributed by atoms with Gasteiger partial charge in [0.1, 0.15) is 0 Å². The molecule has 0 saturated carbocycles. The van der Waals surface area contributed by atoms with Crippen LogP contribution in [0.4, 0.5) is 0 Å². The molecular formula is C11H16N2O2S. The second kappa shape index (κ2) is 4.51. The van der Waals surface area contributed by atoms with Crippen LogP contribution in [-0.4, -0.2) is 32.2 Å². The van der Waals surface area contributed by atoms with Gasteiger partial charge in [0.15, 0.2) is 9.84 Å². The maximum absolute atomic E-state index is 11.9. The topological polar surface area (TPSA) is 59.1 Å². The molecule has 2 heterocycles. The molecule has 5 heteroatoms. The highest BCUT2D eigenvalue weighted by molar-refractivity contribution is 7.90. The zero-order valence-electron chi connectivity index (χ0n) is 9.31. The van der Waals surface area contributed by atoms with Crippen LogP contribution in [0, 0.1) is 12.8 Å². The van der Waals surface area contributed by atoms with Gasteiger partial charge < -0.3 is 5.32 Å². The molecule has 0 aromatic carbocycles. The maximum Gasteiger partial charge on any atom is 0.156 e. The first-order valence-electron chi connectivity index (χ1n) is 5.38. The van der Waals surface area contributed by atoms with Crippen molar-refractivity contribution in [3.8, 4) is 0 Å². The van der Waals surface area contributed by atoms with Crippen LogP contribution in [0.2, 0.25) is 0 Å². The van der Waals surface area contributed by atoms with Crippen molar-refractivity contribution in [2.24, 2.45) is 5.92 Å². The molecule has 1 aromatic rings. The third-order valence-electron chi connectivity index (χ3n) is 2.83. The first-order valence-corrected chi connectivity index (χ1v) is 7.20. The van der Waals surface area contributed by atoms with Crippen molar-refractivity contribution in [3.63, 3.8) is 0 Å². The van der Waals surface area contributed by atoms with Gasteiger partial charge in [0.2, 0.25) is 0 Å². The molecule has 88 valence electrons. The number of pyridine rings is 1. The minimum absolute atomic E-state index is 0.0656. The largest absolute Gasteiger partial charge is 0.316 e. The molecule has 4 nitrogen and oxygen atoms in total. The van der Waals surface area contributed by atoms with E-state index in [9.17, 15) is 8.42 Å². The van der Waals surface area contributed by atoms with E-state index in [1.165, 1.54) is 0 Å². The standard InChI is InChI=1S/C11H16N2O2S/c1-9-3-2-4-13-11(9)8-16(14,15)7-10-5-12-6-10/h2-4,10,12H,5-8H2,1H3. The summed E-state index contributed by atoms with van der Waals surface area (Å²) in [6, 6.07) is 3.71. The molecule has 1 N–H and O–H groups in total. The van der Waals surface area contributed by atoms with Crippen molar-refractivity contribution < 1.29 is 8.42 Å². The number of nitrogens with one attached hydrogen (secondary N) is 1. The summed E-state index contributed by atoms with van der Waals surface area (Å²) < 4.78 is 23.8. The number of aromatic nitrogens is 1. The summed E-state index contributed by atoms with van der Waals surface area (Å²) in [5, 5.41) is 3.08. The Morgan fingerprint density at radius 3 is 2.81 bits per heavy atom. The van der Waals surface area contributed by atoms with E-state index < -0.39 is 9.84 Å². The van der Waals surface area contributed by atoms with Gasteiger partial charge >= 0.3 is 0 Å². The number of rotatable bonds is 4. The van der Waals surface area contributed by atoms with Gasteiger partial charge in [0.25, 0.3) is 0 Å². The lowest BCUT2D eigenvalue weighted by Crippen LogP contribution is -2.45. The predicted molar refractivity (Wildman–Crippen MR) is 62.8 cm³/mol. The molecule has 0 amide bonds. The molecule has 0 atom stereocenters. The summed E-state index contributed by atoms with van der Waals surface area (Å²) in [6.45, 7) is 3.53. The number of hydrogen-bond donors (Lipinski definition) is 1. The number of nitrogens with zero attached hydrogens (tertiary/aromatic N) is 1. The van der Waals surface area contributed by atoms with Crippen molar-refractivity contribution >= 4 is 9.84 Å². The van der Waals surface area contributed by atoms with Gasteiger partial charge in [-0.1, -0.05) is 6.07 Å². The molecule has 0 aliphatic carbocycles. The van der Waals surface area contributed by atoms with Crippen molar-refractivity contribution in [2.75, 3.05) is 18.8 Å². The zero-order valence-corrected chi connectivity index (χ0v) is 10.1. The Morgan fingerprint density at radius 1 is 1.50 bits per heavy atom. The van der Waals surface area contributed by atoms with Crippen LogP contribution in [-0.2, 0) is 15.6 Å². The Balaban J connectivity index is 2.05. The molecule has 0 spiro atoms. The summed E-state index contributed by atoms with van der Waals surface area (Å²) in [6.07, 6.45) is 1.64. The summed E-state index contributed by atoms with van der Waals surface area (Å²) in [5.41, 5.74) is 1.62. The van der Waals surface area contributed by atoms with E-state index in [4.69, 9.17) is 0 Å². The Labute approximate surface area is 96.0 Å². The van der Waals surface area contributed by atoms with Gasteiger partial charge in [0, 0.05) is 19.3 Å². The lowest BCUT2D eigenvalue weighted by atomic mass is 10.1. The Bertz CT molecular complexity index is 467. The Morgan fingerprint density at radius 2 is 2.25 bits per heavy atom. The van der Waals surface area contributed by atoms with Gasteiger partial charge in [-0.05, 0) is 24.5 Å². The minimum Gasteiger partial charge on any atom is -0.316 e. The second-order valence-electron chi connectivity index (χ2n) is 4.35. The van der Waals surface area contributed by atoms with Crippen molar-refractivity contribution in [1.82, 2.24) is 10.3 Å². The van der Waals surface area contributed by atoms with Crippen LogP contribution in [0.15, 0.2) is 18.3 Å². The third-order valence-corrected chi connectivity index (χ3v) is 4.52. The maximum atomic E-state index is 11.9. The summed E-state index contributed by atoms with van der Waals surface area (Å²) >= 11 is 0. The lowest BCUT2D eigenvalue weighted by molar-refractivity contribution is 0.378. The molecule has 1 aliphatic rings. The molecule has 2 rings (SSSR count). The minimum atomic E-state index is -3.02. The highest BCUT2D eigenvalue weighted by Gasteiger charge is 2.25. The van der Waals surface area contributed by atoms with Gasteiger partial charge in [-0.3, -0.25) is 4.98 Å². The first-order chi connectivity index (χ1) is 7.57. The monoisotopic (exact) mass is 240 g/mol. The van der Waals surface area contributed by atoms with E-state index in [0.717, 1.165) is 18.7 Å². The summed E-state index contributed by atoms with van der Waals surface area (Å²) in [4.78, 5) is 4.12. The van der Waals surface area contributed by atoms with Crippen molar-refractivity contribution in [1.29, 1.82) is 0 Å². The van der Waals surface area contributed by atoms with E-state index in [1.807, 2.05) is 19.1 Å². The molecule has 0 radical (unpaired) electrons. The van der Waals surface area contributed by atoms with Crippen LogP contribution in [0.1, 0.15) is 11.3 Å². The van der Waals surface area contributed by atoms with Gasteiger partial charge in [-0.25, -0.2) is 8.42 Å². The van der Waals surface area contributed by atoms with Gasteiger partial charge in [-0.15, -0.1) is 0 Å². The van der Waals surface area contributed by atoms with Crippen LogP contribution in [0.5, 0.6) is 0 Å². The van der Waals surface area contributed by atoms with E-state index in [0.29, 0.717) is 5.69 Å². The molecule has 0 bridgehead atoms. The van der Waals surface area contributed by atoms with Crippen molar-refractivity contribution in [3.05, 3.63) is 29.6 Å². The molecule has 1 saturated heterocycles. The fourth-order valence-electron chi connectivity index (χ4n) is 1.76. The van der Waals surface area contributed by atoms with Crippen molar-refractivity contribution in [2.45, 2.75) is 12.7 Å². The average Bonchev–Trinajstić information content (AvgIpc) is 2.16. The second-order valence-corrected chi connectivity index (χ2v) is 6.45. The normalized spacial score (nSPS) is 17.1. The summed E-state index contributed by atoms with van der Waals surface area (Å²) in [7, 11) is -3.02. The van der Waals surface area contributed by atoms with E-state index in [1.54, 1.807) is 6.20 Å². The summed E-state index contributed by atoms with van der Waals surface area (Å²) in [5.74, 6) is 0.626. The van der Waals surface area contributed by atoms with E-state index >= 15 is 0 Å². The zero-order chi connectivity index (χ0) is 11.6. The fraction of sp³-hybridized carbons (Fsp3) is 0.545. The smallest absolute Gasteiger partial charge is 0.156 e. The fourth-order valence-corrected chi connectivity index (χ4v) is 3.55. The number of sulfone groups is 1. The highest BCUT2D eigenvalue weighted by Crippen LogP contribution is 2.13. The number of hydrogen-bond acceptors (Lipinski definition) is 4. The Kier molecular flexibility index (Phi) is 3.25. The van der Waals surface area contributed by atoms with Crippen LogP contribution in [0.25, 0.3) is 0 Å². The van der Waals surface area contributed by atoms with E-state index in [-0.39, 0.29) is 17.4 Å². The van der Waals surface area contributed by atoms with Gasteiger partial charge in [0.05, 0.1) is 17.2 Å². The van der Waals surface area contributed by atoms with Crippen LogP contribution < -0.4 is 5.32 Å². The van der Waals surface area contributed by atoms with Crippen LogP contribution >= 0.6 is 0 Å². The molecule has 0 unspecified atom stereocenters. The predicted octanol–water partition coefficient (Wildman–Crippen LogP) is 0.524. The molecule has 16 heavy (non-hydrogen) atoms. The van der Waals surface area contributed by atoms with E-state index in [2.05, 4.69) is 10.3 Å². The molecule has 1 aliphatic heterocycles. The van der Waals surface area contributed by atoms with Crippen LogP contribution in [0.3, 0.4) is 0 Å². The highest BCUT2D eigenvalue weighted by atomic mass is 32.2.